The number of methoxy groups -OCH3 is 1. The molecule has 0 aliphatic carbocycles. The highest BCUT2D eigenvalue weighted by Crippen LogP contribution is 2.22. The number of thioether (sulfide) groups is 1. The van der Waals surface area contributed by atoms with Crippen LogP contribution in [-0.2, 0) is 16.1 Å². The summed E-state index contributed by atoms with van der Waals surface area (Å²) in [4.78, 5) is 31.0. The number of aromatic amines is 1. The van der Waals surface area contributed by atoms with E-state index in [0.717, 1.165) is 16.8 Å². The molecule has 7 heteroatoms. The lowest BCUT2D eigenvalue weighted by molar-refractivity contribution is -0.115. The molecule has 0 saturated heterocycles. The molecule has 1 atom stereocenters. The van der Waals surface area contributed by atoms with Crippen molar-refractivity contribution in [3.8, 4) is 0 Å². The van der Waals surface area contributed by atoms with Crippen molar-refractivity contribution in [2.24, 2.45) is 0 Å². The van der Waals surface area contributed by atoms with Crippen molar-refractivity contribution in [3.05, 3.63) is 51.4 Å². The SMILES string of the molecule is COCc1cc(=O)[nH]c(SC(C)C(=O)Nc2cccc(C)c2C)n1. The lowest BCUT2D eigenvalue weighted by atomic mass is 10.1. The third kappa shape index (κ3) is 4.69. The molecule has 2 N–H and O–H groups in total. The van der Waals surface area contributed by atoms with Gasteiger partial charge in [0, 0.05) is 18.9 Å². The largest absolute Gasteiger partial charge is 0.378 e. The molecule has 2 aromatic rings. The molecular weight excluding hydrogens is 326 g/mol. The van der Waals surface area contributed by atoms with Crippen LogP contribution in [-0.4, -0.2) is 28.2 Å². The molecule has 24 heavy (non-hydrogen) atoms. The summed E-state index contributed by atoms with van der Waals surface area (Å²) >= 11 is 1.20. The van der Waals surface area contributed by atoms with Crippen LogP contribution < -0.4 is 10.9 Å². The molecule has 128 valence electrons. The van der Waals surface area contributed by atoms with Crippen LogP contribution in [0.2, 0.25) is 0 Å². The van der Waals surface area contributed by atoms with Gasteiger partial charge in [0.15, 0.2) is 5.16 Å². The van der Waals surface area contributed by atoms with E-state index in [-0.39, 0.29) is 18.1 Å². The molecule has 6 nitrogen and oxygen atoms in total. The van der Waals surface area contributed by atoms with Crippen molar-refractivity contribution in [1.29, 1.82) is 0 Å². The Bertz CT molecular complexity index is 789. The summed E-state index contributed by atoms with van der Waals surface area (Å²) in [6.07, 6.45) is 0. The van der Waals surface area contributed by atoms with Crippen molar-refractivity contribution in [1.82, 2.24) is 9.97 Å². The van der Waals surface area contributed by atoms with Gasteiger partial charge in [-0.15, -0.1) is 0 Å². The third-order valence-corrected chi connectivity index (χ3v) is 4.57. The first kappa shape index (κ1) is 18.2. The Morgan fingerprint density at radius 1 is 1.42 bits per heavy atom. The first-order chi connectivity index (χ1) is 11.4. The smallest absolute Gasteiger partial charge is 0.251 e. The van der Waals surface area contributed by atoms with E-state index in [9.17, 15) is 9.59 Å². The molecule has 0 aliphatic heterocycles. The molecule has 2 rings (SSSR count). The number of benzene rings is 1. The molecule has 0 saturated carbocycles. The van der Waals surface area contributed by atoms with Crippen molar-refractivity contribution in [3.63, 3.8) is 0 Å². The number of anilines is 1. The maximum Gasteiger partial charge on any atom is 0.251 e. The Kier molecular flexibility index (Phi) is 6.16. The van der Waals surface area contributed by atoms with Gasteiger partial charge in [0.05, 0.1) is 17.6 Å². The number of hydrogen-bond acceptors (Lipinski definition) is 5. The second-order valence-electron chi connectivity index (χ2n) is 5.47. The number of rotatable bonds is 6. The predicted octanol–water partition coefficient (Wildman–Crippen LogP) is 2.65. The zero-order chi connectivity index (χ0) is 17.7. The minimum absolute atomic E-state index is 0.145. The van der Waals surface area contributed by atoms with Crippen LogP contribution in [0.1, 0.15) is 23.7 Å². The summed E-state index contributed by atoms with van der Waals surface area (Å²) in [6.45, 7) is 5.99. The van der Waals surface area contributed by atoms with Gasteiger partial charge in [0.2, 0.25) is 5.91 Å². The number of aryl methyl sites for hydroxylation is 1. The molecule has 1 unspecified atom stereocenters. The molecule has 1 heterocycles. The van der Waals surface area contributed by atoms with E-state index in [1.54, 1.807) is 6.92 Å². The fraction of sp³-hybridized carbons (Fsp3) is 0.353. The van der Waals surface area contributed by atoms with E-state index in [4.69, 9.17) is 4.74 Å². The highest BCUT2D eigenvalue weighted by molar-refractivity contribution is 8.00. The van der Waals surface area contributed by atoms with Gasteiger partial charge in [-0.05, 0) is 38.0 Å². The fourth-order valence-electron chi connectivity index (χ4n) is 2.10. The number of carbonyl (C=O) groups is 1. The molecule has 0 fully saturated rings. The number of ether oxygens (including phenoxy) is 1. The summed E-state index contributed by atoms with van der Waals surface area (Å²) in [5.74, 6) is -0.145. The van der Waals surface area contributed by atoms with Crippen LogP contribution in [0.5, 0.6) is 0 Å². The Hall–Kier alpha value is -2.12. The average Bonchev–Trinajstić information content (AvgIpc) is 2.51. The van der Waals surface area contributed by atoms with E-state index in [0.29, 0.717) is 10.9 Å². The molecule has 0 bridgehead atoms. The maximum absolute atomic E-state index is 12.4. The number of amides is 1. The van der Waals surface area contributed by atoms with Crippen molar-refractivity contribution >= 4 is 23.4 Å². The first-order valence-electron chi connectivity index (χ1n) is 7.53. The van der Waals surface area contributed by atoms with Crippen LogP contribution in [0, 0.1) is 13.8 Å². The fourth-order valence-corrected chi connectivity index (χ4v) is 2.93. The number of hydrogen-bond donors (Lipinski definition) is 2. The Morgan fingerprint density at radius 2 is 2.17 bits per heavy atom. The van der Waals surface area contributed by atoms with Crippen molar-refractivity contribution in [2.45, 2.75) is 37.8 Å². The van der Waals surface area contributed by atoms with Crippen LogP contribution in [0.15, 0.2) is 34.2 Å². The molecule has 0 spiro atoms. The molecule has 0 aliphatic rings. The quantitative estimate of drug-likeness (QED) is 0.620. The minimum atomic E-state index is -0.411. The van der Waals surface area contributed by atoms with Gasteiger partial charge in [-0.3, -0.25) is 9.59 Å². The van der Waals surface area contributed by atoms with Crippen LogP contribution in [0.4, 0.5) is 5.69 Å². The van der Waals surface area contributed by atoms with Gasteiger partial charge in [-0.1, -0.05) is 23.9 Å². The van der Waals surface area contributed by atoms with E-state index in [2.05, 4.69) is 15.3 Å². The normalized spacial score (nSPS) is 12.0. The van der Waals surface area contributed by atoms with E-state index >= 15 is 0 Å². The molecule has 0 radical (unpaired) electrons. The Morgan fingerprint density at radius 3 is 2.88 bits per heavy atom. The van der Waals surface area contributed by atoms with Crippen molar-refractivity contribution < 1.29 is 9.53 Å². The maximum atomic E-state index is 12.4. The van der Waals surface area contributed by atoms with E-state index in [1.807, 2.05) is 32.0 Å². The van der Waals surface area contributed by atoms with Crippen LogP contribution >= 0.6 is 11.8 Å². The lowest BCUT2D eigenvalue weighted by Crippen LogP contribution is -2.24. The highest BCUT2D eigenvalue weighted by atomic mass is 32.2. The molecule has 1 aromatic heterocycles. The monoisotopic (exact) mass is 347 g/mol. The predicted molar refractivity (Wildman–Crippen MR) is 95.4 cm³/mol. The summed E-state index contributed by atoms with van der Waals surface area (Å²) in [5.41, 5.74) is 3.22. The van der Waals surface area contributed by atoms with E-state index in [1.165, 1.54) is 24.9 Å². The molecular formula is C17H21N3O3S. The van der Waals surface area contributed by atoms with Gasteiger partial charge in [-0.2, -0.15) is 0 Å². The number of nitrogens with one attached hydrogen (secondary N) is 2. The average molecular weight is 347 g/mol. The van der Waals surface area contributed by atoms with Gasteiger partial charge in [0.1, 0.15) is 0 Å². The zero-order valence-corrected chi connectivity index (χ0v) is 15.0. The Balaban J connectivity index is 2.09. The van der Waals surface area contributed by atoms with Gasteiger partial charge in [-0.25, -0.2) is 4.98 Å². The van der Waals surface area contributed by atoms with E-state index < -0.39 is 5.25 Å². The molecule has 1 aromatic carbocycles. The number of H-pyrrole nitrogens is 1. The first-order valence-corrected chi connectivity index (χ1v) is 8.41. The van der Waals surface area contributed by atoms with Crippen LogP contribution in [0.25, 0.3) is 0 Å². The standard InChI is InChI=1S/C17H21N3O3S/c1-10-6-5-7-14(11(10)2)19-16(22)12(3)24-17-18-13(9-23-4)8-15(21)20-17/h5-8,12H,9H2,1-4H3,(H,19,22)(H,18,20,21). The number of carbonyl (C=O) groups excluding carboxylic acids is 1. The summed E-state index contributed by atoms with van der Waals surface area (Å²) < 4.78 is 4.99. The minimum Gasteiger partial charge on any atom is -0.378 e. The summed E-state index contributed by atoms with van der Waals surface area (Å²) in [7, 11) is 1.54. The number of aromatic nitrogens is 2. The lowest BCUT2D eigenvalue weighted by Gasteiger charge is -2.14. The Labute approximate surface area is 145 Å². The van der Waals surface area contributed by atoms with Gasteiger partial charge >= 0.3 is 0 Å². The second kappa shape index (κ2) is 8.12. The van der Waals surface area contributed by atoms with Crippen molar-refractivity contribution in [2.75, 3.05) is 12.4 Å². The summed E-state index contributed by atoms with van der Waals surface area (Å²) in [5, 5.41) is 2.91. The van der Waals surface area contributed by atoms with Gasteiger partial charge < -0.3 is 15.0 Å². The number of nitrogens with zero attached hydrogens (tertiary/aromatic N) is 1. The summed E-state index contributed by atoms with van der Waals surface area (Å²) in [6, 6.07) is 7.16. The van der Waals surface area contributed by atoms with Gasteiger partial charge in [0.25, 0.3) is 5.56 Å². The topological polar surface area (TPSA) is 84.1 Å². The second-order valence-corrected chi connectivity index (χ2v) is 6.80. The zero-order valence-electron chi connectivity index (χ0n) is 14.2. The van der Waals surface area contributed by atoms with Crippen LogP contribution in [0.3, 0.4) is 0 Å². The molecule has 1 amide bonds. The highest BCUT2D eigenvalue weighted by Gasteiger charge is 2.17. The third-order valence-electron chi connectivity index (χ3n) is 3.59.